The molecule has 0 spiro atoms. The number of ether oxygens (including phenoxy) is 2. The SMILES string of the molecule is Cc1ccc(S(=O)(=O)N(CC(C)C)C[C@@H](O)[C@H](Cc2ccccc2)NC(=O)O[C@H]2CCOC2)cc1. The first-order chi connectivity index (χ1) is 16.6. The van der Waals surface area contributed by atoms with E-state index in [1.54, 1.807) is 24.3 Å². The molecule has 0 unspecified atom stereocenters. The van der Waals surface area contributed by atoms with E-state index < -0.39 is 28.3 Å². The summed E-state index contributed by atoms with van der Waals surface area (Å²) in [5.41, 5.74) is 1.86. The molecule has 0 saturated carbocycles. The summed E-state index contributed by atoms with van der Waals surface area (Å²) in [4.78, 5) is 12.8. The molecule has 0 bridgehead atoms. The quantitative estimate of drug-likeness (QED) is 0.487. The zero-order chi connectivity index (χ0) is 25.4. The van der Waals surface area contributed by atoms with Gasteiger partial charge in [0.25, 0.3) is 0 Å². The van der Waals surface area contributed by atoms with E-state index in [0.29, 0.717) is 26.1 Å². The number of nitrogens with zero attached hydrogens (tertiary/aromatic N) is 1. The van der Waals surface area contributed by atoms with Crippen LogP contribution in [0.15, 0.2) is 59.5 Å². The zero-order valence-electron chi connectivity index (χ0n) is 20.6. The zero-order valence-corrected chi connectivity index (χ0v) is 21.4. The normalized spacial score (nSPS) is 17.9. The highest BCUT2D eigenvalue weighted by Crippen LogP contribution is 2.20. The molecular weight excluding hydrogens is 468 g/mol. The van der Waals surface area contributed by atoms with E-state index in [-0.39, 0.29) is 30.0 Å². The molecule has 1 aliphatic rings. The van der Waals surface area contributed by atoms with E-state index in [0.717, 1.165) is 11.1 Å². The summed E-state index contributed by atoms with van der Waals surface area (Å²) in [6, 6.07) is 15.3. The third-order valence-corrected chi connectivity index (χ3v) is 7.69. The molecule has 192 valence electrons. The van der Waals surface area contributed by atoms with Gasteiger partial charge in [0.1, 0.15) is 6.10 Å². The number of nitrogens with one attached hydrogen (secondary N) is 1. The summed E-state index contributed by atoms with van der Waals surface area (Å²) >= 11 is 0. The van der Waals surface area contributed by atoms with Gasteiger partial charge >= 0.3 is 6.09 Å². The molecule has 35 heavy (non-hydrogen) atoms. The lowest BCUT2D eigenvalue weighted by atomic mass is 10.0. The number of rotatable bonds is 11. The Morgan fingerprint density at radius 2 is 1.83 bits per heavy atom. The molecule has 1 aliphatic heterocycles. The fourth-order valence-electron chi connectivity index (χ4n) is 3.97. The summed E-state index contributed by atoms with van der Waals surface area (Å²) in [6.45, 7) is 6.68. The number of alkyl carbamates (subject to hydrolysis) is 1. The number of sulfonamides is 1. The molecule has 3 rings (SSSR count). The summed E-state index contributed by atoms with van der Waals surface area (Å²) in [7, 11) is -3.85. The van der Waals surface area contributed by atoms with Gasteiger partial charge in [0.2, 0.25) is 10.0 Å². The number of carbonyl (C=O) groups excluding carboxylic acids is 1. The van der Waals surface area contributed by atoms with E-state index in [4.69, 9.17) is 9.47 Å². The standard InChI is InChI=1S/C26H36N2O6S/c1-19(2)16-28(35(31,32)23-11-9-20(3)10-12-23)17-25(29)24(15-21-7-5-4-6-8-21)27-26(30)34-22-13-14-33-18-22/h4-12,19,22,24-25,29H,13-18H2,1-3H3,(H,27,30)/t22-,24-,25+/m0/s1. The Morgan fingerprint density at radius 3 is 2.43 bits per heavy atom. The number of hydrogen-bond donors (Lipinski definition) is 2. The first-order valence-corrected chi connectivity index (χ1v) is 13.4. The molecule has 1 heterocycles. The second kappa shape index (κ2) is 12.5. The molecule has 1 fully saturated rings. The van der Waals surface area contributed by atoms with Gasteiger partial charge in [0, 0.05) is 19.5 Å². The number of aliphatic hydroxyl groups is 1. The molecule has 0 radical (unpaired) electrons. The highest BCUT2D eigenvalue weighted by molar-refractivity contribution is 7.89. The monoisotopic (exact) mass is 504 g/mol. The first kappa shape index (κ1) is 27.1. The fraction of sp³-hybridized carbons (Fsp3) is 0.500. The van der Waals surface area contributed by atoms with Crippen LogP contribution in [0.4, 0.5) is 4.79 Å². The third-order valence-electron chi connectivity index (χ3n) is 5.85. The van der Waals surface area contributed by atoms with Crippen molar-refractivity contribution >= 4 is 16.1 Å². The number of carbonyl (C=O) groups is 1. The molecule has 0 aromatic heterocycles. The Bertz CT molecular complexity index is 1040. The summed E-state index contributed by atoms with van der Waals surface area (Å²) in [5, 5.41) is 14.0. The average Bonchev–Trinajstić information content (AvgIpc) is 3.31. The van der Waals surface area contributed by atoms with Crippen LogP contribution in [0.3, 0.4) is 0 Å². The van der Waals surface area contributed by atoms with Gasteiger partial charge in [0.05, 0.1) is 30.3 Å². The number of aryl methyl sites for hydroxylation is 1. The maximum absolute atomic E-state index is 13.4. The number of aliphatic hydroxyl groups excluding tert-OH is 1. The Labute approximate surface area is 208 Å². The van der Waals surface area contributed by atoms with Crippen molar-refractivity contribution in [2.24, 2.45) is 5.92 Å². The van der Waals surface area contributed by atoms with Crippen LogP contribution in [0.1, 0.15) is 31.4 Å². The maximum atomic E-state index is 13.4. The van der Waals surface area contributed by atoms with Gasteiger partial charge in [0.15, 0.2) is 0 Å². The Hall–Kier alpha value is -2.46. The average molecular weight is 505 g/mol. The number of amides is 1. The molecule has 1 amide bonds. The van der Waals surface area contributed by atoms with Crippen LogP contribution in [-0.2, 0) is 25.9 Å². The van der Waals surface area contributed by atoms with Crippen LogP contribution in [0.2, 0.25) is 0 Å². The second-order valence-electron chi connectivity index (χ2n) is 9.43. The number of benzene rings is 2. The van der Waals surface area contributed by atoms with Crippen molar-refractivity contribution in [1.29, 1.82) is 0 Å². The van der Waals surface area contributed by atoms with Gasteiger partial charge in [-0.15, -0.1) is 0 Å². The van der Waals surface area contributed by atoms with Gasteiger partial charge in [-0.2, -0.15) is 4.31 Å². The number of hydrogen-bond acceptors (Lipinski definition) is 6. The van der Waals surface area contributed by atoms with Gasteiger partial charge in [-0.3, -0.25) is 0 Å². The molecule has 2 aromatic carbocycles. The molecule has 3 atom stereocenters. The van der Waals surface area contributed by atoms with Crippen molar-refractivity contribution in [2.45, 2.75) is 56.8 Å². The van der Waals surface area contributed by atoms with Crippen molar-refractivity contribution in [3.05, 3.63) is 65.7 Å². The third kappa shape index (κ3) is 8.03. The van der Waals surface area contributed by atoms with E-state index in [9.17, 15) is 18.3 Å². The van der Waals surface area contributed by atoms with Crippen LogP contribution in [-0.4, -0.2) is 68.5 Å². The second-order valence-corrected chi connectivity index (χ2v) is 11.4. The van der Waals surface area contributed by atoms with Crippen LogP contribution >= 0.6 is 0 Å². The van der Waals surface area contributed by atoms with Gasteiger partial charge in [-0.1, -0.05) is 61.9 Å². The molecule has 0 aliphatic carbocycles. The lowest BCUT2D eigenvalue weighted by Gasteiger charge is -2.30. The lowest BCUT2D eigenvalue weighted by Crippen LogP contribution is -2.51. The van der Waals surface area contributed by atoms with Crippen LogP contribution in [0.25, 0.3) is 0 Å². The van der Waals surface area contributed by atoms with Crippen molar-refractivity contribution in [3.63, 3.8) is 0 Å². The summed E-state index contributed by atoms with van der Waals surface area (Å²) in [6.07, 6.45) is -1.21. The highest BCUT2D eigenvalue weighted by Gasteiger charge is 2.32. The Balaban J connectivity index is 1.80. The maximum Gasteiger partial charge on any atom is 0.407 e. The van der Waals surface area contributed by atoms with E-state index in [1.165, 1.54) is 4.31 Å². The van der Waals surface area contributed by atoms with Gasteiger partial charge < -0.3 is 19.9 Å². The van der Waals surface area contributed by atoms with Crippen LogP contribution in [0.5, 0.6) is 0 Å². The Kier molecular flexibility index (Phi) is 9.68. The fourth-order valence-corrected chi connectivity index (χ4v) is 5.59. The van der Waals surface area contributed by atoms with Crippen molar-refractivity contribution in [3.8, 4) is 0 Å². The van der Waals surface area contributed by atoms with E-state index in [2.05, 4.69) is 5.32 Å². The predicted molar refractivity (Wildman–Crippen MR) is 134 cm³/mol. The topological polar surface area (TPSA) is 105 Å². The molecule has 2 N–H and O–H groups in total. The minimum absolute atomic E-state index is 0.0373. The van der Waals surface area contributed by atoms with Crippen molar-refractivity contribution in [2.75, 3.05) is 26.3 Å². The molecule has 1 saturated heterocycles. The van der Waals surface area contributed by atoms with E-state index in [1.807, 2.05) is 51.1 Å². The molecule has 8 nitrogen and oxygen atoms in total. The van der Waals surface area contributed by atoms with Gasteiger partial charge in [-0.25, -0.2) is 13.2 Å². The van der Waals surface area contributed by atoms with E-state index >= 15 is 0 Å². The Morgan fingerprint density at radius 1 is 1.14 bits per heavy atom. The molecule has 2 aromatic rings. The molecular formula is C26H36N2O6S. The molecule has 9 heteroatoms. The first-order valence-electron chi connectivity index (χ1n) is 12.0. The van der Waals surface area contributed by atoms with Crippen molar-refractivity contribution < 1.29 is 27.8 Å². The lowest BCUT2D eigenvalue weighted by molar-refractivity contribution is 0.0644. The summed E-state index contributed by atoms with van der Waals surface area (Å²) in [5.74, 6) is 0.0373. The van der Waals surface area contributed by atoms with Crippen molar-refractivity contribution in [1.82, 2.24) is 9.62 Å². The minimum atomic E-state index is -3.85. The van der Waals surface area contributed by atoms with Crippen LogP contribution in [0, 0.1) is 12.8 Å². The smallest absolute Gasteiger partial charge is 0.407 e. The predicted octanol–water partition coefficient (Wildman–Crippen LogP) is 3.13. The summed E-state index contributed by atoms with van der Waals surface area (Å²) < 4.78 is 38.9. The minimum Gasteiger partial charge on any atom is -0.444 e. The highest BCUT2D eigenvalue weighted by atomic mass is 32.2. The largest absolute Gasteiger partial charge is 0.444 e. The van der Waals surface area contributed by atoms with Gasteiger partial charge in [-0.05, 0) is 37.0 Å². The van der Waals surface area contributed by atoms with Crippen LogP contribution < -0.4 is 5.32 Å².